The Bertz CT molecular complexity index is 426. The molecule has 1 rings (SSSR count). The molecule has 0 bridgehead atoms. The Morgan fingerprint density at radius 1 is 1.45 bits per heavy atom. The number of hydrogen-bond donors (Lipinski definition) is 2. The van der Waals surface area contributed by atoms with Gasteiger partial charge in [0.05, 0.1) is 7.05 Å². The van der Waals surface area contributed by atoms with Crippen molar-refractivity contribution in [2.24, 2.45) is 7.05 Å². The third-order valence-electron chi connectivity index (χ3n) is 2.26. The second-order valence-corrected chi connectivity index (χ2v) is 6.69. The Kier molecular flexibility index (Phi) is 8.74. The number of nitrogens with zero attached hydrogens (tertiary/aromatic N) is 3. The lowest BCUT2D eigenvalue weighted by Gasteiger charge is -2.18. The SMILES string of the molecule is Cn1c(COP(NCCBr)NCCBr)cnc1[N+](=O)[O-]. The molecule has 0 radical (unpaired) electrons. The largest absolute Gasteiger partial charge is 0.434 e. The number of nitrogens with one attached hydrogen (secondary N) is 2. The van der Waals surface area contributed by atoms with Crippen molar-refractivity contribution < 1.29 is 9.45 Å². The van der Waals surface area contributed by atoms with E-state index in [0.717, 1.165) is 23.7 Å². The van der Waals surface area contributed by atoms with Gasteiger partial charge in [-0.3, -0.25) is 10.2 Å². The number of aromatic nitrogens is 2. The molecule has 8 nitrogen and oxygen atoms in total. The van der Waals surface area contributed by atoms with Crippen LogP contribution in [0.25, 0.3) is 0 Å². The highest BCUT2D eigenvalue weighted by atomic mass is 79.9. The standard InChI is InChI=1S/C9H16Br2N5O3P/c1-15-8(6-12-9(15)16(17)18)7-19-20(13-4-2-10)14-5-3-11/h6,13-14H,2-5,7H2,1H3. The molecule has 0 saturated carbocycles. The van der Waals surface area contributed by atoms with Gasteiger partial charge >= 0.3 is 5.95 Å². The summed E-state index contributed by atoms with van der Waals surface area (Å²) in [7, 11) is 0.616. The van der Waals surface area contributed by atoms with Gasteiger partial charge in [0.25, 0.3) is 0 Å². The average molecular weight is 433 g/mol. The highest BCUT2D eigenvalue weighted by Crippen LogP contribution is 2.28. The molecule has 0 unspecified atom stereocenters. The fraction of sp³-hybridized carbons (Fsp3) is 0.667. The van der Waals surface area contributed by atoms with Gasteiger partial charge in [-0.1, -0.05) is 36.8 Å². The van der Waals surface area contributed by atoms with Crippen molar-refractivity contribution in [3.8, 4) is 0 Å². The molecule has 0 aliphatic carbocycles. The van der Waals surface area contributed by atoms with Crippen LogP contribution in [0.15, 0.2) is 6.20 Å². The second-order valence-electron chi connectivity index (χ2n) is 3.63. The number of nitro groups is 1. The van der Waals surface area contributed by atoms with E-state index in [1.165, 1.54) is 10.8 Å². The molecule has 0 atom stereocenters. The Labute approximate surface area is 135 Å². The van der Waals surface area contributed by atoms with E-state index in [0.29, 0.717) is 5.69 Å². The van der Waals surface area contributed by atoms with E-state index in [1.54, 1.807) is 7.05 Å². The van der Waals surface area contributed by atoms with Crippen molar-refractivity contribution in [1.82, 2.24) is 19.7 Å². The van der Waals surface area contributed by atoms with Crippen LogP contribution in [-0.2, 0) is 18.2 Å². The maximum absolute atomic E-state index is 10.7. The van der Waals surface area contributed by atoms with Crippen molar-refractivity contribution in [1.29, 1.82) is 0 Å². The summed E-state index contributed by atoms with van der Waals surface area (Å²) in [6.07, 6.45) is 1.46. The first-order chi connectivity index (χ1) is 9.60. The maximum Gasteiger partial charge on any atom is 0.434 e. The first-order valence-corrected chi connectivity index (χ1v) is 9.27. The number of alkyl halides is 2. The Morgan fingerprint density at radius 2 is 2.05 bits per heavy atom. The Hall–Kier alpha value is -0.120. The normalized spacial score (nSPS) is 11.2. The molecule has 1 aromatic rings. The maximum atomic E-state index is 10.7. The van der Waals surface area contributed by atoms with Gasteiger partial charge in [0, 0.05) is 23.7 Å². The Balaban J connectivity index is 2.55. The minimum atomic E-state index is -0.986. The van der Waals surface area contributed by atoms with Gasteiger partial charge < -0.3 is 14.6 Å². The minimum absolute atomic E-state index is 0.185. The predicted molar refractivity (Wildman–Crippen MR) is 85.2 cm³/mol. The van der Waals surface area contributed by atoms with Gasteiger partial charge in [-0.25, -0.2) is 4.57 Å². The summed E-state index contributed by atoms with van der Waals surface area (Å²) < 4.78 is 7.14. The zero-order valence-electron chi connectivity index (χ0n) is 10.9. The second kappa shape index (κ2) is 9.75. The molecular weight excluding hydrogens is 417 g/mol. The van der Waals surface area contributed by atoms with Gasteiger partial charge in [0.15, 0.2) is 8.45 Å². The lowest BCUT2D eigenvalue weighted by atomic mass is 10.5. The van der Waals surface area contributed by atoms with E-state index in [9.17, 15) is 10.1 Å². The van der Waals surface area contributed by atoms with Gasteiger partial charge in [0.2, 0.25) is 0 Å². The lowest BCUT2D eigenvalue weighted by Crippen LogP contribution is -2.23. The molecule has 0 fully saturated rings. The van der Waals surface area contributed by atoms with Gasteiger partial charge in [0.1, 0.15) is 18.5 Å². The quantitative estimate of drug-likeness (QED) is 0.254. The van der Waals surface area contributed by atoms with Gasteiger partial charge in [-0.05, 0) is 4.92 Å². The molecule has 0 aliphatic rings. The molecule has 1 heterocycles. The molecule has 0 aromatic carbocycles. The van der Waals surface area contributed by atoms with E-state index in [4.69, 9.17) is 4.52 Å². The van der Waals surface area contributed by atoms with Gasteiger partial charge in [-0.15, -0.1) is 0 Å². The van der Waals surface area contributed by atoms with Crippen LogP contribution < -0.4 is 10.2 Å². The fourth-order valence-corrected chi connectivity index (χ4v) is 3.50. The predicted octanol–water partition coefficient (Wildman–Crippen LogP) is 2.04. The summed E-state index contributed by atoms with van der Waals surface area (Å²) in [5.41, 5.74) is 0.658. The molecule has 114 valence electrons. The van der Waals surface area contributed by atoms with E-state index >= 15 is 0 Å². The summed E-state index contributed by atoms with van der Waals surface area (Å²) >= 11 is 6.68. The highest BCUT2D eigenvalue weighted by molar-refractivity contribution is 9.09. The van der Waals surface area contributed by atoms with Crippen LogP contribution in [0, 0.1) is 10.1 Å². The molecule has 20 heavy (non-hydrogen) atoms. The first-order valence-electron chi connectivity index (χ1n) is 5.77. The summed E-state index contributed by atoms with van der Waals surface area (Å²) in [5.74, 6) is -0.185. The lowest BCUT2D eigenvalue weighted by molar-refractivity contribution is -0.396. The zero-order chi connectivity index (χ0) is 15.0. The number of imidazole rings is 1. The number of hydrogen-bond acceptors (Lipinski definition) is 6. The summed E-state index contributed by atoms with van der Waals surface area (Å²) in [6.45, 7) is 1.80. The highest BCUT2D eigenvalue weighted by Gasteiger charge is 2.18. The summed E-state index contributed by atoms with van der Waals surface area (Å²) in [6, 6.07) is 0. The monoisotopic (exact) mass is 431 g/mol. The fourth-order valence-electron chi connectivity index (χ4n) is 1.30. The van der Waals surface area contributed by atoms with Crippen LogP contribution >= 0.6 is 40.3 Å². The van der Waals surface area contributed by atoms with E-state index in [2.05, 4.69) is 47.0 Å². The Morgan fingerprint density at radius 3 is 2.50 bits per heavy atom. The third kappa shape index (κ3) is 5.71. The third-order valence-corrected chi connectivity index (χ3v) is 4.47. The summed E-state index contributed by atoms with van der Waals surface area (Å²) in [4.78, 5) is 13.9. The molecule has 11 heteroatoms. The van der Waals surface area contributed by atoms with Gasteiger partial charge in [-0.2, -0.15) is 0 Å². The number of halogens is 2. The van der Waals surface area contributed by atoms with Crippen LogP contribution in [0.2, 0.25) is 0 Å². The van der Waals surface area contributed by atoms with Crippen molar-refractivity contribution >= 4 is 46.3 Å². The van der Waals surface area contributed by atoms with Crippen LogP contribution in [-0.4, -0.2) is 38.2 Å². The molecule has 0 saturated heterocycles. The zero-order valence-corrected chi connectivity index (χ0v) is 14.9. The van der Waals surface area contributed by atoms with Crippen LogP contribution in [0.5, 0.6) is 0 Å². The molecule has 0 aliphatic heterocycles. The van der Waals surface area contributed by atoms with Crippen LogP contribution in [0.4, 0.5) is 5.95 Å². The average Bonchev–Trinajstić information content (AvgIpc) is 2.79. The van der Waals surface area contributed by atoms with Crippen molar-refractivity contribution in [2.75, 3.05) is 23.7 Å². The summed E-state index contributed by atoms with van der Waals surface area (Å²) in [5, 5.41) is 18.8. The molecule has 0 amide bonds. The number of rotatable bonds is 10. The molecule has 2 N–H and O–H groups in total. The van der Waals surface area contributed by atoms with Crippen molar-refractivity contribution in [3.05, 3.63) is 22.0 Å². The smallest absolute Gasteiger partial charge is 0.390 e. The topological polar surface area (TPSA) is 94.2 Å². The van der Waals surface area contributed by atoms with E-state index in [-0.39, 0.29) is 12.6 Å². The molecule has 1 aromatic heterocycles. The van der Waals surface area contributed by atoms with E-state index in [1.807, 2.05) is 0 Å². The first kappa shape index (κ1) is 17.9. The van der Waals surface area contributed by atoms with Crippen molar-refractivity contribution in [2.45, 2.75) is 6.61 Å². The molecular formula is C9H16Br2N5O3P. The molecule has 0 spiro atoms. The minimum Gasteiger partial charge on any atom is -0.390 e. The van der Waals surface area contributed by atoms with Crippen LogP contribution in [0.3, 0.4) is 0 Å². The van der Waals surface area contributed by atoms with Crippen molar-refractivity contribution in [3.63, 3.8) is 0 Å². The van der Waals surface area contributed by atoms with Crippen LogP contribution in [0.1, 0.15) is 5.69 Å². The van der Waals surface area contributed by atoms with E-state index < -0.39 is 13.4 Å².